The van der Waals surface area contributed by atoms with E-state index in [1.807, 2.05) is 44.2 Å². The van der Waals surface area contributed by atoms with E-state index < -0.39 is 6.30 Å². The van der Waals surface area contributed by atoms with Gasteiger partial charge in [0.15, 0.2) is 12.3 Å². The Labute approximate surface area is 199 Å². The lowest BCUT2D eigenvalue weighted by atomic mass is 9.83. The Hall–Kier alpha value is -2.64. The molecule has 33 heavy (non-hydrogen) atoms. The molecule has 3 unspecified atom stereocenters. The second kappa shape index (κ2) is 10.5. The van der Waals surface area contributed by atoms with E-state index in [4.69, 9.17) is 11.6 Å². The summed E-state index contributed by atoms with van der Waals surface area (Å²) in [6.07, 6.45) is 0.236. The summed E-state index contributed by atoms with van der Waals surface area (Å²) in [5, 5.41) is 13.2. The number of hydrogen-bond donors (Lipinski definition) is 4. The predicted octanol–water partition coefficient (Wildman–Crippen LogP) is 3.78. The average molecular weight is 472 g/mol. The molecule has 0 radical (unpaired) electrons. The number of halogens is 2. The summed E-state index contributed by atoms with van der Waals surface area (Å²) in [6, 6.07) is 11.7. The van der Waals surface area contributed by atoms with E-state index in [-0.39, 0.29) is 17.9 Å². The molecule has 0 bridgehead atoms. The van der Waals surface area contributed by atoms with Crippen LogP contribution in [0.4, 0.5) is 4.39 Å². The van der Waals surface area contributed by atoms with Crippen LogP contribution in [0.15, 0.2) is 41.4 Å². The molecule has 1 amide bonds. The fourth-order valence-corrected chi connectivity index (χ4v) is 4.60. The molecule has 2 aromatic rings. The van der Waals surface area contributed by atoms with Gasteiger partial charge in [-0.05, 0) is 73.1 Å². The van der Waals surface area contributed by atoms with Crippen molar-refractivity contribution in [1.82, 2.24) is 21.3 Å². The minimum absolute atomic E-state index is 0.00853. The van der Waals surface area contributed by atoms with Gasteiger partial charge in [0.25, 0.3) is 5.91 Å². The Morgan fingerprint density at radius 2 is 2.03 bits per heavy atom. The minimum Gasteiger partial charge on any atom is -0.355 e. The van der Waals surface area contributed by atoms with E-state index >= 15 is 0 Å². The molecule has 0 spiro atoms. The number of piperidine rings is 1. The molecule has 0 saturated carbocycles. The van der Waals surface area contributed by atoms with E-state index in [1.54, 1.807) is 0 Å². The zero-order chi connectivity index (χ0) is 23.4. The van der Waals surface area contributed by atoms with Crippen LogP contribution in [-0.4, -0.2) is 37.3 Å². The summed E-state index contributed by atoms with van der Waals surface area (Å²) in [7, 11) is 0. The van der Waals surface area contributed by atoms with Gasteiger partial charge in [0, 0.05) is 36.3 Å². The van der Waals surface area contributed by atoms with Gasteiger partial charge in [-0.15, -0.1) is 0 Å². The molecule has 0 aliphatic carbocycles. The van der Waals surface area contributed by atoms with Crippen LogP contribution in [0, 0.1) is 6.92 Å². The lowest BCUT2D eigenvalue weighted by Crippen LogP contribution is -2.42. The highest BCUT2D eigenvalue weighted by Gasteiger charge is 2.28. The summed E-state index contributed by atoms with van der Waals surface area (Å²) in [6.45, 7) is 6.50. The maximum absolute atomic E-state index is 13.8. The molecule has 0 aromatic heterocycles. The SMILES string of the molecule is Cc1cc(CNC(=O)c2cc(CNC3=NCCN3)cc(C3CCC(F)NC3C)c2)ccc1Cl. The summed E-state index contributed by atoms with van der Waals surface area (Å²) in [4.78, 5) is 17.5. The molecule has 4 N–H and O–H groups in total. The molecular weight excluding hydrogens is 441 g/mol. The number of aliphatic imine (C=N–C) groups is 1. The topological polar surface area (TPSA) is 77.5 Å². The van der Waals surface area contributed by atoms with Gasteiger partial charge < -0.3 is 16.0 Å². The molecule has 2 heterocycles. The maximum atomic E-state index is 13.8. The summed E-state index contributed by atoms with van der Waals surface area (Å²) < 4.78 is 13.8. The van der Waals surface area contributed by atoms with Crippen molar-refractivity contribution in [2.45, 2.75) is 58.0 Å². The molecule has 2 aromatic carbocycles. The van der Waals surface area contributed by atoms with Crippen molar-refractivity contribution >= 4 is 23.5 Å². The zero-order valence-corrected chi connectivity index (χ0v) is 19.8. The number of aryl methyl sites for hydroxylation is 1. The monoisotopic (exact) mass is 471 g/mol. The van der Waals surface area contributed by atoms with Gasteiger partial charge in [-0.25, -0.2) is 4.39 Å². The van der Waals surface area contributed by atoms with Gasteiger partial charge in [-0.1, -0.05) is 29.8 Å². The highest BCUT2D eigenvalue weighted by molar-refractivity contribution is 6.31. The first kappa shape index (κ1) is 23.5. The third kappa shape index (κ3) is 6.03. The van der Waals surface area contributed by atoms with Crippen LogP contribution in [0.5, 0.6) is 0 Å². The highest BCUT2D eigenvalue weighted by Crippen LogP contribution is 2.31. The highest BCUT2D eigenvalue weighted by atomic mass is 35.5. The number of carbonyl (C=O) groups excluding carboxylic acids is 1. The number of rotatable bonds is 6. The van der Waals surface area contributed by atoms with Crippen molar-refractivity contribution in [3.63, 3.8) is 0 Å². The molecule has 176 valence electrons. The lowest BCUT2D eigenvalue weighted by molar-refractivity contribution is 0.0950. The Balaban J connectivity index is 1.53. The van der Waals surface area contributed by atoms with Crippen LogP contribution in [0.2, 0.25) is 5.02 Å². The molecule has 8 heteroatoms. The van der Waals surface area contributed by atoms with Gasteiger partial charge in [0.2, 0.25) is 0 Å². The number of amides is 1. The van der Waals surface area contributed by atoms with Crippen LogP contribution < -0.4 is 21.3 Å². The van der Waals surface area contributed by atoms with Crippen LogP contribution >= 0.6 is 11.6 Å². The predicted molar refractivity (Wildman–Crippen MR) is 130 cm³/mol. The van der Waals surface area contributed by atoms with Crippen molar-refractivity contribution in [2.24, 2.45) is 4.99 Å². The second-order valence-electron chi connectivity index (χ2n) is 8.85. The van der Waals surface area contributed by atoms with Gasteiger partial charge >= 0.3 is 0 Å². The van der Waals surface area contributed by atoms with Gasteiger partial charge in [-0.2, -0.15) is 0 Å². The third-order valence-corrected chi connectivity index (χ3v) is 6.72. The molecule has 6 nitrogen and oxygen atoms in total. The van der Waals surface area contributed by atoms with Crippen molar-refractivity contribution < 1.29 is 9.18 Å². The first-order chi connectivity index (χ1) is 15.9. The van der Waals surface area contributed by atoms with Crippen LogP contribution in [-0.2, 0) is 13.1 Å². The standard InChI is InChI=1S/C25H31ClFN5O/c1-15-9-17(3-5-22(15)26)13-30-24(33)20-11-18(14-31-25-28-7-8-29-25)10-19(12-20)21-4-6-23(27)32-16(21)2/h3,5,9-12,16,21,23,32H,4,6-8,13-14H2,1-2H3,(H,30,33)(H2,28,29,31). The van der Waals surface area contributed by atoms with Crippen molar-refractivity contribution in [2.75, 3.05) is 13.1 Å². The Kier molecular flexibility index (Phi) is 7.50. The minimum atomic E-state index is -0.974. The first-order valence-corrected chi connectivity index (χ1v) is 11.9. The number of alkyl halides is 1. The average Bonchev–Trinajstić information content (AvgIpc) is 3.32. The number of nitrogens with zero attached hydrogens (tertiary/aromatic N) is 1. The smallest absolute Gasteiger partial charge is 0.251 e. The number of nitrogens with one attached hydrogen (secondary N) is 4. The number of guanidine groups is 1. The first-order valence-electron chi connectivity index (χ1n) is 11.5. The fraction of sp³-hybridized carbons (Fsp3) is 0.440. The van der Waals surface area contributed by atoms with Gasteiger partial charge in [-0.3, -0.25) is 15.1 Å². The number of hydrogen-bond acceptors (Lipinski definition) is 5. The Morgan fingerprint density at radius 3 is 2.76 bits per heavy atom. The summed E-state index contributed by atoms with van der Waals surface area (Å²) in [5.41, 5.74) is 4.62. The van der Waals surface area contributed by atoms with Crippen molar-refractivity contribution in [1.29, 1.82) is 0 Å². The molecule has 4 rings (SSSR count). The van der Waals surface area contributed by atoms with Crippen molar-refractivity contribution in [3.05, 3.63) is 69.2 Å². The summed E-state index contributed by atoms with van der Waals surface area (Å²) in [5.74, 6) is 0.781. The molecule has 1 fully saturated rings. The second-order valence-corrected chi connectivity index (χ2v) is 9.25. The molecule has 1 saturated heterocycles. The molecule has 2 aliphatic heterocycles. The Bertz CT molecular complexity index is 1040. The fourth-order valence-electron chi connectivity index (χ4n) is 4.48. The number of benzene rings is 2. The normalized spacial score (nSPS) is 22.4. The van der Waals surface area contributed by atoms with Gasteiger partial charge in [0.05, 0.1) is 6.54 Å². The van der Waals surface area contributed by atoms with E-state index in [0.29, 0.717) is 30.1 Å². The van der Waals surface area contributed by atoms with Crippen LogP contribution in [0.3, 0.4) is 0 Å². The third-order valence-electron chi connectivity index (χ3n) is 6.29. The quantitative estimate of drug-likeness (QED) is 0.483. The van der Waals surface area contributed by atoms with E-state index in [0.717, 1.165) is 47.7 Å². The van der Waals surface area contributed by atoms with E-state index in [1.165, 1.54) is 0 Å². The lowest BCUT2D eigenvalue weighted by Gasteiger charge is -2.33. The Morgan fingerprint density at radius 1 is 1.18 bits per heavy atom. The molecular formula is C25H31ClFN5O. The van der Waals surface area contributed by atoms with E-state index in [2.05, 4.69) is 32.3 Å². The summed E-state index contributed by atoms with van der Waals surface area (Å²) >= 11 is 6.11. The molecule has 3 atom stereocenters. The van der Waals surface area contributed by atoms with Crippen LogP contribution in [0.1, 0.15) is 58.3 Å². The zero-order valence-electron chi connectivity index (χ0n) is 19.1. The number of carbonyl (C=O) groups is 1. The van der Waals surface area contributed by atoms with Crippen LogP contribution in [0.25, 0.3) is 0 Å². The molecule has 2 aliphatic rings. The van der Waals surface area contributed by atoms with Gasteiger partial charge in [0.1, 0.15) is 0 Å². The van der Waals surface area contributed by atoms with E-state index in [9.17, 15) is 9.18 Å². The van der Waals surface area contributed by atoms with Crippen molar-refractivity contribution in [3.8, 4) is 0 Å². The maximum Gasteiger partial charge on any atom is 0.251 e. The largest absolute Gasteiger partial charge is 0.355 e.